The van der Waals surface area contributed by atoms with Gasteiger partial charge in [-0.1, -0.05) is 35.9 Å². The van der Waals surface area contributed by atoms with Crippen molar-refractivity contribution in [1.82, 2.24) is 5.32 Å². The molecule has 0 aliphatic carbocycles. The first-order valence-electron chi connectivity index (χ1n) is 8.33. The smallest absolute Gasteiger partial charge is 0.161 e. The molecule has 0 spiro atoms. The number of nitrogens with one attached hydrogen (secondary N) is 1. The zero-order valence-electron chi connectivity index (χ0n) is 15.0. The average Bonchev–Trinajstić information content (AvgIpc) is 3.14. The molecule has 0 radical (unpaired) electrons. The first-order chi connectivity index (χ1) is 12.2. The number of methoxy groups -OCH3 is 1. The number of aryl methyl sites for hydroxylation is 1. The number of furan rings is 1. The van der Waals surface area contributed by atoms with E-state index in [-0.39, 0.29) is 12.4 Å². The number of benzene rings is 2. The monoisotopic (exact) mass is 373 g/mol. The lowest BCUT2D eigenvalue weighted by Crippen LogP contribution is -2.12. The van der Waals surface area contributed by atoms with Crippen molar-refractivity contribution in [2.24, 2.45) is 0 Å². The predicted molar refractivity (Wildman–Crippen MR) is 105 cm³/mol. The molecule has 2 aromatic carbocycles. The van der Waals surface area contributed by atoms with E-state index in [9.17, 15) is 0 Å². The molecule has 26 heavy (non-hydrogen) atoms. The second kappa shape index (κ2) is 9.90. The zero-order chi connectivity index (χ0) is 17.5. The Morgan fingerprint density at radius 2 is 1.81 bits per heavy atom. The van der Waals surface area contributed by atoms with Crippen molar-refractivity contribution in [2.75, 3.05) is 7.11 Å². The van der Waals surface area contributed by atoms with Gasteiger partial charge in [-0.2, -0.15) is 0 Å². The van der Waals surface area contributed by atoms with E-state index < -0.39 is 0 Å². The Morgan fingerprint density at radius 1 is 0.923 bits per heavy atom. The lowest BCUT2D eigenvalue weighted by molar-refractivity contribution is 0.284. The number of hydrogen-bond acceptors (Lipinski definition) is 4. The second-order valence-corrected chi connectivity index (χ2v) is 5.95. The van der Waals surface area contributed by atoms with Crippen molar-refractivity contribution < 1.29 is 13.9 Å². The molecular weight excluding hydrogens is 350 g/mol. The summed E-state index contributed by atoms with van der Waals surface area (Å²) in [5.41, 5.74) is 3.50. The van der Waals surface area contributed by atoms with E-state index in [2.05, 4.69) is 30.4 Å². The quantitative estimate of drug-likeness (QED) is 0.610. The molecule has 0 saturated carbocycles. The second-order valence-electron chi connectivity index (χ2n) is 5.95. The molecule has 1 heterocycles. The molecule has 0 fully saturated rings. The molecule has 0 bridgehead atoms. The Kier molecular flexibility index (Phi) is 7.57. The Bertz CT molecular complexity index is 803. The number of halogens is 1. The summed E-state index contributed by atoms with van der Waals surface area (Å²) < 4.78 is 16.7. The fourth-order valence-corrected chi connectivity index (χ4v) is 2.65. The van der Waals surface area contributed by atoms with Gasteiger partial charge in [-0.25, -0.2) is 0 Å². The minimum Gasteiger partial charge on any atom is -0.493 e. The normalized spacial score (nSPS) is 10.2. The predicted octanol–water partition coefficient (Wildman–Crippen LogP) is 4.89. The van der Waals surface area contributed by atoms with Crippen molar-refractivity contribution in [3.05, 3.63) is 83.3 Å². The van der Waals surface area contributed by atoms with Crippen LogP contribution in [0.1, 0.15) is 22.5 Å². The standard InChI is InChI=1S/C21H23NO3.ClH/c1-16-5-3-6-18(11-16)15-25-20-9-8-17(12-21(20)23-2)13-22-14-19-7-4-10-24-19;/h3-12,22H,13-15H2,1-2H3;1H. The molecule has 0 atom stereocenters. The van der Waals surface area contributed by atoms with Crippen LogP contribution < -0.4 is 14.8 Å². The van der Waals surface area contributed by atoms with E-state index in [4.69, 9.17) is 13.9 Å². The molecule has 5 heteroatoms. The van der Waals surface area contributed by atoms with E-state index in [1.807, 2.05) is 36.4 Å². The maximum atomic E-state index is 5.93. The van der Waals surface area contributed by atoms with Crippen molar-refractivity contribution in [2.45, 2.75) is 26.6 Å². The Labute approximate surface area is 160 Å². The maximum Gasteiger partial charge on any atom is 0.161 e. The Hall–Kier alpha value is -2.43. The van der Waals surface area contributed by atoms with E-state index >= 15 is 0 Å². The van der Waals surface area contributed by atoms with E-state index in [0.717, 1.165) is 34.9 Å². The molecule has 138 valence electrons. The van der Waals surface area contributed by atoms with Crippen molar-refractivity contribution in [1.29, 1.82) is 0 Å². The summed E-state index contributed by atoms with van der Waals surface area (Å²) in [6.07, 6.45) is 1.68. The maximum absolute atomic E-state index is 5.93. The van der Waals surface area contributed by atoms with Crippen LogP contribution in [0.15, 0.2) is 65.3 Å². The van der Waals surface area contributed by atoms with Crippen molar-refractivity contribution >= 4 is 12.4 Å². The van der Waals surface area contributed by atoms with E-state index in [0.29, 0.717) is 13.2 Å². The van der Waals surface area contributed by atoms with E-state index in [1.165, 1.54) is 5.56 Å². The van der Waals surface area contributed by atoms with Gasteiger partial charge in [0.2, 0.25) is 0 Å². The largest absolute Gasteiger partial charge is 0.493 e. The fraction of sp³-hybridized carbons (Fsp3) is 0.238. The van der Waals surface area contributed by atoms with Gasteiger partial charge in [0.05, 0.1) is 19.9 Å². The first kappa shape index (κ1) is 19.9. The van der Waals surface area contributed by atoms with Crippen molar-refractivity contribution in [3.63, 3.8) is 0 Å². The van der Waals surface area contributed by atoms with Gasteiger partial charge in [0.15, 0.2) is 11.5 Å². The molecule has 4 nitrogen and oxygen atoms in total. The van der Waals surface area contributed by atoms with Gasteiger partial charge in [-0.05, 0) is 42.3 Å². The van der Waals surface area contributed by atoms with Gasteiger partial charge in [-0.15, -0.1) is 12.4 Å². The lowest BCUT2D eigenvalue weighted by atomic mass is 10.1. The van der Waals surface area contributed by atoms with Crippen LogP contribution in [-0.4, -0.2) is 7.11 Å². The topological polar surface area (TPSA) is 43.6 Å². The minimum atomic E-state index is 0. The molecule has 3 aromatic rings. The fourth-order valence-electron chi connectivity index (χ4n) is 2.65. The summed E-state index contributed by atoms with van der Waals surface area (Å²) in [6.45, 7) is 4.03. The van der Waals surface area contributed by atoms with Gasteiger partial charge in [0.1, 0.15) is 12.4 Å². The molecule has 0 saturated heterocycles. The SMILES string of the molecule is COc1cc(CNCc2ccco2)ccc1OCc1cccc(C)c1.Cl. The highest BCUT2D eigenvalue weighted by molar-refractivity contribution is 5.85. The molecule has 0 aliphatic heterocycles. The van der Waals surface area contributed by atoms with Gasteiger partial charge < -0.3 is 19.2 Å². The van der Waals surface area contributed by atoms with Crippen LogP contribution in [-0.2, 0) is 19.7 Å². The molecule has 0 unspecified atom stereocenters. The van der Waals surface area contributed by atoms with Crippen LogP contribution in [0.5, 0.6) is 11.5 Å². The highest BCUT2D eigenvalue weighted by Gasteiger charge is 2.07. The number of rotatable bonds is 8. The van der Waals surface area contributed by atoms with Crippen molar-refractivity contribution in [3.8, 4) is 11.5 Å². The van der Waals surface area contributed by atoms with Crippen LogP contribution in [0.3, 0.4) is 0 Å². The summed E-state index contributed by atoms with van der Waals surface area (Å²) in [6, 6.07) is 18.2. The van der Waals surface area contributed by atoms with Crippen LogP contribution in [0, 0.1) is 6.92 Å². The van der Waals surface area contributed by atoms with Crippen LogP contribution in [0.25, 0.3) is 0 Å². The summed E-state index contributed by atoms with van der Waals surface area (Å²) in [4.78, 5) is 0. The minimum absolute atomic E-state index is 0. The van der Waals surface area contributed by atoms with Gasteiger partial charge >= 0.3 is 0 Å². The molecule has 0 aliphatic rings. The summed E-state index contributed by atoms with van der Waals surface area (Å²) >= 11 is 0. The van der Waals surface area contributed by atoms with Gasteiger partial charge in [-0.3, -0.25) is 0 Å². The molecule has 3 rings (SSSR count). The summed E-state index contributed by atoms with van der Waals surface area (Å²) in [5.74, 6) is 2.41. The Balaban J connectivity index is 0.00000243. The van der Waals surface area contributed by atoms with Gasteiger partial charge in [0, 0.05) is 6.54 Å². The molecule has 0 amide bonds. The zero-order valence-corrected chi connectivity index (χ0v) is 15.8. The third-order valence-electron chi connectivity index (χ3n) is 3.91. The average molecular weight is 374 g/mol. The first-order valence-corrected chi connectivity index (χ1v) is 8.33. The lowest BCUT2D eigenvalue weighted by Gasteiger charge is -2.13. The molecule has 1 N–H and O–H groups in total. The molecular formula is C21H24ClNO3. The third-order valence-corrected chi connectivity index (χ3v) is 3.91. The third kappa shape index (κ3) is 5.55. The van der Waals surface area contributed by atoms with E-state index in [1.54, 1.807) is 13.4 Å². The van der Waals surface area contributed by atoms with Crippen LogP contribution >= 0.6 is 12.4 Å². The number of hydrogen-bond donors (Lipinski definition) is 1. The van der Waals surface area contributed by atoms with Crippen LogP contribution in [0.4, 0.5) is 0 Å². The summed E-state index contributed by atoms with van der Waals surface area (Å²) in [7, 11) is 1.66. The Morgan fingerprint density at radius 3 is 2.54 bits per heavy atom. The van der Waals surface area contributed by atoms with Crippen LogP contribution in [0.2, 0.25) is 0 Å². The number of ether oxygens (including phenoxy) is 2. The summed E-state index contributed by atoms with van der Waals surface area (Å²) in [5, 5.41) is 3.35. The van der Waals surface area contributed by atoms with Gasteiger partial charge in [0.25, 0.3) is 0 Å². The highest BCUT2D eigenvalue weighted by atomic mass is 35.5. The molecule has 1 aromatic heterocycles. The highest BCUT2D eigenvalue weighted by Crippen LogP contribution is 2.29.